The van der Waals surface area contributed by atoms with Gasteiger partial charge in [-0.15, -0.1) is 0 Å². The van der Waals surface area contributed by atoms with Crippen molar-refractivity contribution >= 4 is 17.9 Å². The van der Waals surface area contributed by atoms with Crippen molar-refractivity contribution in [1.29, 1.82) is 0 Å². The van der Waals surface area contributed by atoms with Gasteiger partial charge in [0.25, 0.3) is 0 Å². The maximum atomic E-state index is 5.89. The van der Waals surface area contributed by atoms with Gasteiger partial charge in [0, 0.05) is 19.1 Å². The van der Waals surface area contributed by atoms with E-state index in [1.165, 1.54) is 13.4 Å². The third kappa shape index (κ3) is 2.67. The molecule has 0 atom stereocenters. The molecule has 0 aromatic carbocycles. The number of rotatable bonds is 3. The van der Waals surface area contributed by atoms with E-state index in [1.807, 2.05) is 0 Å². The molecule has 0 radical (unpaired) electrons. The molecule has 1 aromatic rings. The predicted octanol–water partition coefficient (Wildman–Crippen LogP) is -0.0334. The van der Waals surface area contributed by atoms with Gasteiger partial charge in [0.15, 0.2) is 0 Å². The summed E-state index contributed by atoms with van der Waals surface area (Å²) in [6.45, 7) is 1.73. The zero-order valence-corrected chi connectivity index (χ0v) is 10.4. The van der Waals surface area contributed by atoms with E-state index in [0.29, 0.717) is 11.4 Å². The molecular formula is C11H18N6O. The maximum Gasteiger partial charge on any atom is 0.143 e. The summed E-state index contributed by atoms with van der Waals surface area (Å²) in [5.41, 5.74) is 12.4. The third-order valence-electron chi connectivity index (χ3n) is 3.02. The summed E-state index contributed by atoms with van der Waals surface area (Å²) in [5.74, 6) is 1.19. The van der Waals surface area contributed by atoms with E-state index < -0.39 is 0 Å². The number of hydrogen-bond acceptors (Lipinski definition) is 7. The van der Waals surface area contributed by atoms with E-state index in [9.17, 15) is 0 Å². The van der Waals surface area contributed by atoms with Crippen LogP contribution in [0, 0.1) is 0 Å². The number of anilines is 2. The number of piperidine rings is 1. The van der Waals surface area contributed by atoms with Crippen molar-refractivity contribution in [3.63, 3.8) is 0 Å². The molecule has 1 aliphatic heterocycles. The topological polar surface area (TPSA) is 103 Å². The molecule has 4 N–H and O–H groups in total. The first-order valence-electron chi connectivity index (χ1n) is 5.90. The van der Waals surface area contributed by atoms with Crippen LogP contribution in [0.2, 0.25) is 0 Å². The van der Waals surface area contributed by atoms with E-state index in [2.05, 4.69) is 24.9 Å². The van der Waals surface area contributed by atoms with Crippen molar-refractivity contribution in [1.82, 2.24) is 9.97 Å². The second kappa shape index (κ2) is 5.63. The van der Waals surface area contributed by atoms with Gasteiger partial charge >= 0.3 is 0 Å². The molecule has 1 aliphatic rings. The van der Waals surface area contributed by atoms with Gasteiger partial charge in [-0.3, -0.25) is 0 Å². The van der Waals surface area contributed by atoms with Gasteiger partial charge in [-0.05, 0) is 12.8 Å². The molecular weight excluding hydrogens is 232 g/mol. The highest BCUT2D eigenvalue weighted by molar-refractivity contribution is 5.91. The largest absolute Gasteiger partial charge is 0.399 e. The Morgan fingerprint density at radius 1 is 1.44 bits per heavy atom. The van der Waals surface area contributed by atoms with Gasteiger partial charge in [0.05, 0.1) is 11.8 Å². The lowest BCUT2D eigenvalue weighted by molar-refractivity contribution is 0.215. The fourth-order valence-corrected chi connectivity index (χ4v) is 1.99. The first-order chi connectivity index (χ1) is 8.72. The zero-order chi connectivity index (χ0) is 13.0. The van der Waals surface area contributed by atoms with Gasteiger partial charge in [-0.25, -0.2) is 9.97 Å². The molecule has 1 fully saturated rings. The van der Waals surface area contributed by atoms with Crippen LogP contribution in [0.15, 0.2) is 11.5 Å². The van der Waals surface area contributed by atoms with Crippen LogP contribution in [-0.4, -0.2) is 42.4 Å². The monoisotopic (exact) mass is 250 g/mol. The van der Waals surface area contributed by atoms with Crippen molar-refractivity contribution in [2.45, 2.75) is 18.9 Å². The number of aromatic nitrogens is 2. The highest BCUT2D eigenvalue weighted by Gasteiger charge is 2.20. The van der Waals surface area contributed by atoms with Crippen LogP contribution in [-0.2, 0) is 4.84 Å². The van der Waals surface area contributed by atoms with Crippen LogP contribution in [0.4, 0.5) is 11.6 Å². The summed E-state index contributed by atoms with van der Waals surface area (Å²) in [6.07, 6.45) is 4.90. The van der Waals surface area contributed by atoms with Crippen LogP contribution in [0.5, 0.6) is 0 Å². The Labute approximate surface area is 106 Å². The zero-order valence-electron chi connectivity index (χ0n) is 10.4. The Hall–Kier alpha value is -1.89. The van der Waals surface area contributed by atoms with E-state index in [-0.39, 0.29) is 6.04 Å². The number of nitrogens with two attached hydrogens (primary N) is 2. The molecule has 0 amide bonds. The molecule has 0 bridgehead atoms. The Balaban J connectivity index is 2.26. The molecule has 2 rings (SSSR count). The molecule has 1 aromatic heterocycles. The van der Waals surface area contributed by atoms with E-state index in [0.717, 1.165) is 31.7 Å². The van der Waals surface area contributed by atoms with Gasteiger partial charge in [0.2, 0.25) is 0 Å². The lowest BCUT2D eigenvalue weighted by Gasteiger charge is -2.31. The maximum absolute atomic E-state index is 5.89. The van der Waals surface area contributed by atoms with Crippen LogP contribution in [0.25, 0.3) is 0 Å². The highest BCUT2D eigenvalue weighted by atomic mass is 16.6. The quantitative estimate of drug-likeness (QED) is 0.576. The summed E-state index contributed by atoms with van der Waals surface area (Å²) in [7, 11) is 1.48. The minimum absolute atomic E-state index is 0.275. The third-order valence-corrected chi connectivity index (χ3v) is 3.02. The van der Waals surface area contributed by atoms with Gasteiger partial charge < -0.3 is 21.2 Å². The van der Waals surface area contributed by atoms with Crippen LogP contribution >= 0.6 is 0 Å². The van der Waals surface area contributed by atoms with E-state index in [1.54, 1.807) is 6.21 Å². The number of oxime groups is 1. The molecule has 18 heavy (non-hydrogen) atoms. The van der Waals surface area contributed by atoms with Crippen LogP contribution in [0.3, 0.4) is 0 Å². The van der Waals surface area contributed by atoms with Crippen molar-refractivity contribution in [2.24, 2.45) is 10.9 Å². The summed E-state index contributed by atoms with van der Waals surface area (Å²) in [6, 6.07) is 0.275. The highest BCUT2D eigenvalue weighted by Crippen LogP contribution is 2.22. The lowest BCUT2D eigenvalue weighted by Crippen LogP contribution is -2.40. The summed E-state index contributed by atoms with van der Waals surface area (Å²) in [5, 5.41) is 3.74. The van der Waals surface area contributed by atoms with E-state index >= 15 is 0 Å². The lowest BCUT2D eigenvalue weighted by atomic mass is 10.1. The summed E-state index contributed by atoms with van der Waals surface area (Å²) < 4.78 is 0. The number of hydrogen-bond donors (Lipinski definition) is 2. The minimum atomic E-state index is 0.275. The molecule has 7 heteroatoms. The molecule has 2 heterocycles. The van der Waals surface area contributed by atoms with Crippen molar-refractivity contribution in [3.8, 4) is 0 Å². The summed E-state index contributed by atoms with van der Waals surface area (Å²) in [4.78, 5) is 15.1. The van der Waals surface area contributed by atoms with Crippen molar-refractivity contribution in [2.75, 3.05) is 30.8 Å². The van der Waals surface area contributed by atoms with Crippen LogP contribution < -0.4 is 16.4 Å². The minimum Gasteiger partial charge on any atom is -0.399 e. The molecule has 98 valence electrons. The average molecular weight is 250 g/mol. The SMILES string of the molecule is CO/N=C/c1c(N)ncnc1N1CCC(N)CC1. The Morgan fingerprint density at radius 3 is 2.83 bits per heavy atom. The normalized spacial score (nSPS) is 17.3. The molecule has 7 nitrogen and oxygen atoms in total. The number of nitrogen functional groups attached to an aromatic ring is 1. The fourth-order valence-electron chi connectivity index (χ4n) is 1.99. The fraction of sp³-hybridized carbons (Fsp3) is 0.545. The smallest absolute Gasteiger partial charge is 0.143 e. The summed E-state index contributed by atoms with van der Waals surface area (Å²) >= 11 is 0. The molecule has 0 spiro atoms. The first kappa shape index (κ1) is 12.6. The molecule has 0 unspecified atom stereocenters. The van der Waals surface area contributed by atoms with Gasteiger partial charge in [-0.1, -0.05) is 5.16 Å². The standard InChI is InChI=1S/C11H18N6O/c1-18-16-6-9-10(13)14-7-15-11(9)17-4-2-8(12)3-5-17/h6-8H,2-5,12H2,1H3,(H2,13,14,15)/b16-6+. The average Bonchev–Trinajstić information content (AvgIpc) is 2.38. The van der Waals surface area contributed by atoms with Crippen LogP contribution in [0.1, 0.15) is 18.4 Å². The Kier molecular flexibility index (Phi) is 3.93. The second-order valence-electron chi connectivity index (χ2n) is 4.24. The number of nitrogens with zero attached hydrogens (tertiary/aromatic N) is 4. The first-order valence-corrected chi connectivity index (χ1v) is 5.90. The molecule has 0 saturated carbocycles. The second-order valence-corrected chi connectivity index (χ2v) is 4.24. The predicted molar refractivity (Wildman–Crippen MR) is 70.5 cm³/mol. The molecule has 0 aliphatic carbocycles. The molecule has 1 saturated heterocycles. The Bertz CT molecular complexity index is 428. The van der Waals surface area contributed by atoms with Gasteiger partial charge in [0.1, 0.15) is 25.1 Å². The Morgan fingerprint density at radius 2 is 2.17 bits per heavy atom. The van der Waals surface area contributed by atoms with Crippen molar-refractivity contribution < 1.29 is 4.84 Å². The van der Waals surface area contributed by atoms with Gasteiger partial charge in [-0.2, -0.15) is 0 Å². The van der Waals surface area contributed by atoms with E-state index in [4.69, 9.17) is 11.5 Å². The van der Waals surface area contributed by atoms with Crippen molar-refractivity contribution in [3.05, 3.63) is 11.9 Å².